The maximum atomic E-state index is 12.8. The molecule has 0 radical (unpaired) electrons. The highest BCUT2D eigenvalue weighted by Crippen LogP contribution is 2.35. The van der Waals surface area contributed by atoms with Gasteiger partial charge in [-0.25, -0.2) is 0 Å². The molecule has 0 N–H and O–H groups in total. The first-order valence-corrected chi connectivity index (χ1v) is 6.49. The highest BCUT2D eigenvalue weighted by Gasteiger charge is 2.42. The van der Waals surface area contributed by atoms with E-state index in [1.807, 2.05) is 6.92 Å². The van der Waals surface area contributed by atoms with E-state index in [4.69, 9.17) is 11.6 Å². The van der Waals surface area contributed by atoms with Gasteiger partial charge in [-0.15, -0.1) is 10.2 Å². The van der Waals surface area contributed by atoms with Crippen LogP contribution in [0.1, 0.15) is 24.0 Å². The Bertz CT molecular complexity index is 476. The van der Waals surface area contributed by atoms with Gasteiger partial charge in [0.15, 0.2) is 11.0 Å². The van der Waals surface area contributed by atoms with Gasteiger partial charge in [0.2, 0.25) is 0 Å². The number of hydrogen-bond acceptors (Lipinski definition) is 3. The average molecular weight is 294 g/mol. The maximum Gasteiger partial charge on any atom is 0.393 e. The lowest BCUT2D eigenvalue weighted by Crippen LogP contribution is -2.42. The molecule has 0 bridgehead atoms. The highest BCUT2D eigenvalue weighted by atomic mass is 35.5. The standard InChI is InChI=1S/C12H15ClF3N3/c1-7-8(2)11(18-17-10(7)13)19-5-3-4-9(6-19)12(14,15)16/h9H,3-6H2,1-2H3. The van der Waals surface area contributed by atoms with Crippen LogP contribution in [0, 0.1) is 19.8 Å². The van der Waals surface area contributed by atoms with Crippen molar-refractivity contribution in [2.45, 2.75) is 32.9 Å². The molecule has 2 heterocycles. The SMILES string of the molecule is Cc1c(Cl)nnc(N2CCCC(C(F)(F)F)C2)c1C. The molecule has 0 amide bonds. The smallest absolute Gasteiger partial charge is 0.354 e. The molecule has 0 aromatic carbocycles. The summed E-state index contributed by atoms with van der Waals surface area (Å²) in [6.07, 6.45) is -3.46. The summed E-state index contributed by atoms with van der Waals surface area (Å²) in [5.74, 6) is -0.783. The predicted molar refractivity (Wildman–Crippen MR) is 67.5 cm³/mol. The molecule has 0 aliphatic carbocycles. The lowest BCUT2D eigenvalue weighted by molar-refractivity contribution is -0.176. The Hall–Kier alpha value is -1.04. The minimum atomic E-state index is -4.15. The fourth-order valence-electron chi connectivity index (χ4n) is 2.30. The quantitative estimate of drug-likeness (QED) is 0.793. The third kappa shape index (κ3) is 2.94. The molecule has 1 fully saturated rings. The van der Waals surface area contributed by atoms with Gasteiger partial charge in [0, 0.05) is 13.1 Å². The minimum Gasteiger partial charge on any atom is -0.354 e. The number of anilines is 1. The van der Waals surface area contributed by atoms with Crippen LogP contribution in [0.5, 0.6) is 0 Å². The van der Waals surface area contributed by atoms with Crippen LogP contribution in [0.3, 0.4) is 0 Å². The van der Waals surface area contributed by atoms with E-state index < -0.39 is 12.1 Å². The Kier molecular flexibility index (Phi) is 3.90. The van der Waals surface area contributed by atoms with Gasteiger partial charge in [-0.3, -0.25) is 0 Å². The second kappa shape index (κ2) is 5.15. The van der Waals surface area contributed by atoms with Crippen molar-refractivity contribution in [3.8, 4) is 0 Å². The predicted octanol–water partition coefficient (Wildman–Crippen LogP) is 3.53. The molecule has 1 atom stereocenters. The molecule has 106 valence electrons. The first kappa shape index (κ1) is 14.4. The largest absolute Gasteiger partial charge is 0.393 e. The Balaban J connectivity index is 2.25. The van der Waals surface area contributed by atoms with Crippen LogP contribution in [0.15, 0.2) is 0 Å². The second-order valence-corrected chi connectivity index (χ2v) is 5.25. The second-order valence-electron chi connectivity index (χ2n) is 4.89. The fourth-order valence-corrected chi connectivity index (χ4v) is 2.48. The van der Waals surface area contributed by atoms with Crippen molar-refractivity contribution in [2.24, 2.45) is 5.92 Å². The van der Waals surface area contributed by atoms with Gasteiger partial charge in [-0.2, -0.15) is 13.2 Å². The Morgan fingerprint density at radius 2 is 1.89 bits per heavy atom. The summed E-state index contributed by atoms with van der Waals surface area (Å²) in [6, 6.07) is 0. The third-order valence-electron chi connectivity index (χ3n) is 3.62. The topological polar surface area (TPSA) is 29.0 Å². The number of piperidine rings is 1. The minimum absolute atomic E-state index is 0.0555. The summed E-state index contributed by atoms with van der Waals surface area (Å²) in [5.41, 5.74) is 1.56. The zero-order chi connectivity index (χ0) is 14.2. The van der Waals surface area contributed by atoms with Crippen LogP contribution in [0.4, 0.5) is 19.0 Å². The van der Waals surface area contributed by atoms with Gasteiger partial charge < -0.3 is 4.90 Å². The fraction of sp³-hybridized carbons (Fsp3) is 0.667. The third-order valence-corrected chi connectivity index (χ3v) is 3.98. The first-order valence-electron chi connectivity index (χ1n) is 6.11. The van der Waals surface area contributed by atoms with Crippen molar-refractivity contribution in [1.82, 2.24) is 10.2 Å². The number of nitrogens with zero attached hydrogens (tertiary/aromatic N) is 3. The lowest BCUT2D eigenvalue weighted by Gasteiger charge is -2.35. The van der Waals surface area contributed by atoms with Crippen molar-refractivity contribution in [3.05, 3.63) is 16.3 Å². The van der Waals surface area contributed by atoms with E-state index in [2.05, 4.69) is 10.2 Å². The lowest BCUT2D eigenvalue weighted by atomic mass is 9.97. The molecular formula is C12H15ClF3N3. The number of rotatable bonds is 1. The van der Waals surface area contributed by atoms with Crippen molar-refractivity contribution in [1.29, 1.82) is 0 Å². The summed E-state index contributed by atoms with van der Waals surface area (Å²) >= 11 is 5.85. The van der Waals surface area contributed by atoms with Gasteiger partial charge in [0.25, 0.3) is 0 Å². The van der Waals surface area contributed by atoms with E-state index in [-0.39, 0.29) is 13.0 Å². The Morgan fingerprint density at radius 1 is 1.21 bits per heavy atom. The van der Waals surface area contributed by atoms with E-state index in [0.717, 1.165) is 11.1 Å². The summed E-state index contributed by atoms with van der Waals surface area (Å²) in [6.45, 7) is 4.12. The number of alkyl halides is 3. The Morgan fingerprint density at radius 3 is 2.53 bits per heavy atom. The van der Waals surface area contributed by atoms with Crippen molar-refractivity contribution in [2.75, 3.05) is 18.0 Å². The molecule has 1 aromatic rings. The maximum absolute atomic E-state index is 12.8. The van der Waals surface area contributed by atoms with Crippen LogP contribution in [0.25, 0.3) is 0 Å². The monoisotopic (exact) mass is 293 g/mol. The summed E-state index contributed by atoms with van der Waals surface area (Å²) in [5, 5.41) is 8.05. The first-order chi connectivity index (χ1) is 8.80. The summed E-state index contributed by atoms with van der Waals surface area (Å²) in [7, 11) is 0. The van der Waals surface area contributed by atoms with E-state index in [0.29, 0.717) is 23.9 Å². The van der Waals surface area contributed by atoms with Crippen LogP contribution < -0.4 is 4.90 Å². The molecule has 19 heavy (non-hydrogen) atoms. The van der Waals surface area contributed by atoms with Crippen LogP contribution in [-0.4, -0.2) is 29.5 Å². The van der Waals surface area contributed by atoms with Gasteiger partial charge in [0.05, 0.1) is 5.92 Å². The molecule has 2 rings (SSSR count). The summed E-state index contributed by atoms with van der Waals surface area (Å²) in [4.78, 5) is 1.66. The van der Waals surface area contributed by atoms with E-state index in [9.17, 15) is 13.2 Å². The number of halogens is 4. The summed E-state index contributed by atoms with van der Waals surface area (Å²) < 4.78 is 38.4. The molecule has 1 saturated heterocycles. The van der Waals surface area contributed by atoms with E-state index in [1.165, 1.54) is 0 Å². The zero-order valence-electron chi connectivity index (χ0n) is 10.8. The van der Waals surface area contributed by atoms with Gasteiger partial charge >= 0.3 is 6.18 Å². The highest BCUT2D eigenvalue weighted by molar-refractivity contribution is 6.30. The average Bonchev–Trinajstić information content (AvgIpc) is 2.35. The number of aromatic nitrogens is 2. The van der Waals surface area contributed by atoms with Gasteiger partial charge in [-0.1, -0.05) is 11.6 Å². The van der Waals surface area contributed by atoms with Gasteiger partial charge in [-0.05, 0) is 37.8 Å². The van der Waals surface area contributed by atoms with E-state index >= 15 is 0 Å². The molecule has 1 aliphatic heterocycles. The van der Waals surface area contributed by atoms with Crippen molar-refractivity contribution < 1.29 is 13.2 Å². The normalized spacial score (nSPS) is 20.7. The molecule has 1 unspecified atom stereocenters. The molecule has 7 heteroatoms. The van der Waals surface area contributed by atoms with Gasteiger partial charge in [0.1, 0.15) is 0 Å². The molecule has 3 nitrogen and oxygen atoms in total. The molecule has 0 spiro atoms. The van der Waals surface area contributed by atoms with Crippen LogP contribution >= 0.6 is 11.6 Å². The molecular weight excluding hydrogens is 279 g/mol. The molecule has 1 aliphatic rings. The van der Waals surface area contributed by atoms with Crippen molar-refractivity contribution >= 4 is 17.4 Å². The van der Waals surface area contributed by atoms with Crippen molar-refractivity contribution in [3.63, 3.8) is 0 Å². The zero-order valence-corrected chi connectivity index (χ0v) is 11.5. The molecule has 0 saturated carbocycles. The van der Waals surface area contributed by atoms with E-state index in [1.54, 1.807) is 11.8 Å². The van der Waals surface area contributed by atoms with Crippen LogP contribution in [0.2, 0.25) is 5.15 Å². The Labute approximate surface area is 114 Å². The number of hydrogen-bond donors (Lipinski definition) is 0. The van der Waals surface area contributed by atoms with Crippen LogP contribution in [-0.2, 0) is 0 Å². The molecule has 1 aromatic heterocycles.